The van der Waals surface area contributed by atoms with Gasteiger partial charge in [-0.05, 0) is 30.3 Å². The van der Waals surface area contributed by atoms with E-state index in [1.165, 1.54) is 18.2 Å². The number of amides is 2. The van der Waals surface area contributed by atoms with Gasteiger partial charge in [-0.1, -0.05) is 23.2 Å². The Balaban J connectivity index is 1.42. The lowest BCUT2D eigenvalue weighted by Gasteiger charge is -2.09. The lowest BCUT2D eigenvalue weighted by molar-refractivity contribution is -0.146. The largest absolute Gasteiger partial charge is 0.454 e. The predicted molar refractivity (Wildman–Crippen MR) is 101 cm³/mol. The number of nitrogens with one attached hydrogen (secondary N) is 2. The molecular weight excluding hydrogens is 411 g/mol. The van der Waals surface area contributed by atoms with E-state index in [1.54, 1.807) is 18.2 Å². The average molecular weight is 425 g/mol. The van der Waals surface area contributed by atoms with Gasteiger partial charge in [-0.25, -0.2) is 0 Å². The molecule has 146 valence electrons. The highest BCUT2D eigenvalue weighted by atomic mass is 35.5. The third-order valence-corrected chi connectivity index (χ3v) is 4.14. The van der Waals surface area contributed by atoms with Crippen LogP contribution in [0.15, 0.2) is 36.4 Å². The van der Waals surface area contributed by atoms with Crippen molar-refractivity contribution in [3.63, 3.8) is 0 Å². The Morgan fingerprint density at radius 2 is 1.82 bits per heavy atom. The second kappa shape index (κ2) is 8.81. The summed E-state index contributed by atoms with van der Waals surface area (Å²) in [4.78, 5) is 35.6. The normalized spacial score (nSPS) is 11.6. The van der Waals surface area contributed by atoms with Gasteiger partial charge in [-0.2, -0.15) is 0 Å². The Morgan fingerprint density at radius 1 is 1.04 bits per heavy atom. The number of hydrogen-bond donors (Lipinski definition) is 2. The van der Waals surface area contributed by atoms with Crippen molar-refractivity contribution in [1.82, 2.24) is 5.32 Å². The molecule has 0 bridgehead atoms. The highest BCUT2D eigenvalue weighted by molar-refractivity contribution is 6.36. The van der Waals surface area contributed by atoms with E-state index >= 15 is 0 Å². The summed E-state index contributed by atoms with van der Waals surface area (Å²) >= 11 is 11.7. The number of fused-ring (bicyclic) bond motifs is 1. The summed E-state index contributed by atoms with van der Waals surface area (Å²) in [5.74, 6) is -0.790. The quantitative estimate of drug-likeness (QED) is 0.690. The fourth-order valence-corrected chi connectivity index (χ4v) is 2.78. The van der Waals surface area contributed by atoms with E-state index in [0.29, 0.717) is 22.2 Å². The minimum absolute atomic E-state index is 0.122. The van der Waals surface area contributed by atoms with E-state index in [4.69, 9.17) is 37.4 Å². The zero-order valence-electron chi connectivity index (χ0n) is 14.3. The zero-order valence-corrected chi connectivity index (χ0v) is 15.8. The van der Waals surface area contributed by atoms with Gasteiger partial charge in [0.2, 0.25) is 6.79 Å². The van der Waals surface area contributed by atoms with Crippen molar-refractivity contribution >= 4 is 46.7 Å². The van der Waals surface area contributed by atoms with E-state index in [2.05, 4.69) is 10.6 Å². The highest BCUT2D eigenvalue weighted by Gasteiger charge is 2.16. The molecule has 0 aliphatic carbocycles. The van der Waals surface area contributed by atoms with Crippen LogP contribution in [0.1, 0.15) is 10.4 Å². The molecule has 1 aliphatic rings. The molecule has 2 aromatic carbocycles. The van der Waals surface area contributed by atoms with Crippen LogP contribution in [0.2, 0.25) is 10.0 Å². The van der Waals surface area contributed by atoms with Crippen molar-refractivity contribution in [3.8, 4) is 11.5 Å². The molecule has 2 N–H and O–H groups in total. The van der Waals surface area contributed by atoms with Crippen LogP contribution in [0.3, 0.4) is 0 Å². The van der Waals surface area contributed by atoms with E-state index in [9.17, 15) is 14.4 Å². The summed E-state index contributed by atoms with van der Waals surface area (Å²) in [5.41, 5.74) is 0.635. The van der Waals surface area contributed by atoms with Gasteiger partial charge in [0.05, 0.1) is 10.6 Å². The number of carbonyl (C=O) groups is 3. The van der Waals surface area contributed by atoms with Crippen molar-refractivity contribution in [1.29, 1.82) is 0 Å². The van der Waals surface area contributed by atoms with Crippen LogP contribution >= 0.6 is 23.2 Å². The molecule has 10 heteroatoms. The molecule has 0 fully saturated rings. The van der Waals surface area contributed by atoms with Crippen molar-refractivity contribution < 1.29 is 28.6 Å². The number of halogens is 2. The van der Waals surface area contributed by atoms with Gasteiger partial charge in [0, 0.05) is 16.8 Å². The third-order valence-electron chi connectivity index (χ3n) is 3.59. The Hall–Kier alpha value is -2.97. The van der Waals surface area contributed by atoms with E-state index < -0.39 is 30.9 Å². The molecule has 0 saturated heterocycles. The second-order valence-corrected chi connectivity index (χ2v) is 6.43. The average Bonchev–Trinajstić information content (AvgIpc) is 3.12. The molecule has 8 nitrogen and oxygen atoms in total. The van der Waals surface area contributed by atoms with Crippen molar-refractivity contribution in [2.75, 3.05) is 25.3 Å². The fraction of sp³-hybridized carbons (Fsp3) is 0.167. The Morgan fingerprint density at radius 3 is 2.61 bits per heavy atom. The van der Waals surface area contributed by atoms with Crippen LogP contribution < -0.4 is 20.1 Å². The molecule has 1 heterocycles. The van der Waals surface area contributed by atoms with Gasteiger partial charge in [-0.3, -0.25) is 14.4 Å². The Labute approximate surface area is 169 Å². The summed E-state index contributed by atoms with van der Waals surface area (Å²) in [6.07, 6.45) is 0. The molecule has 3 rings (SSSR count). The summed E-state index contributed by atoms with van der Waals surface area (Å²) in [5, 5.41) is 5.46. The molecule has 0 spiro atoms. The predicted octanol–water partition coefficient (Wildman–Crippen LogP) is 2.63. The smallest absolute Gasteiger partial charge is 0.325 e. The minimum atomic E-state index is -0.778. The molecule has 2 amide bonds. The van der Waals surface area contributed by atoms with Gasteiger partial charge in [-0.15, -0.1) is 0 Å². The molecule has 0 aromatic heterocycles. The van der Waals surface area contributed by atoms with E-state index in [1.807, 2.05) is 0 Å². The minimum Gasteiger partial charge on any atom is -0.454 e. The number of carbonyl (C=O) groups excluding carboxylic acids is 3. The van der Waals surface area contributed by atoms with Crippen LogP contribution in [0, 0.1) is 0 Å². The topological polar surface area (TPSA) is 103 Å². The highest BCUT2D eigenvalue weighted by Crippen LogP contribution is 2.34. The van der Waals surface area contributed by atoms with Gasteiger partial charge in [0.1, 0.15) is 6.54 Å². The van der Waals surface area contributed by atoms with Crippen molar-refractivity contribution in [2.24, 2.45) is 0 Å². The number of benzene rings is 2. The first-order valence-corrected chi connectivity index (χ1v) is 8.76. The van der Waals surface area contributed by atoms with Gasteiger partial charge >= 0.3 is 5.97 Å². The Kier molecular flexibility index (Phi) is 6.23. The first-order chi connectivity index (χ1) is 13.4. The molecule has 0 atom stereocenters. The van der Waals surface area contributed by atoms with Gasteiger partial charge in [0.25, 0.3) is 11.8 Å². The SMILES string of the molecule is O=C(COC(=O)CNC(=O)c1ccc(Cl)cc1Cl)Nc1ccc2c(c1)OCO2. The molecule has 0 radical (unpaired) electrons. The maximum Gasteiger partial charge on any atom is 0.325 e. The van der Waals surface area contributed by atoms with E-state index in [0.717, 1.165) is 0 Å². The maximum absolute atomic E-state index is 12.0. The lowest BCUT2D eigenvalue weighted by Crippen LogP contribution is -2.32. The van der Waals surface area contributed by atoms with Crippen molar-refractivity contribution in [2.45, 2.75) is 0 Å². The summed E-state index contributed by atoms with van der Waals surface area (Å²) in [6, 6.07) is 9.23. The number of rotatable bonds is 6. The number of ether oxygens (including phenoxy) is 3. The van der Waals surface area contributed by atoms with Crippen LogP contribution in [-0.2, 0) is 14.3 Å². The van der Waals surface area contributed by atoms with Crippen LogP contribution in [0.4, 0.5) is 5.69 Å². The van der Waals surface area contributed by atoms with Gasteiger partial charge in [0.15, 0.2) is 18.1 Å². The first kappa shape index (κ1) is 19.8. The molecule has 2 aromatic rings. The summed E-state index contributed by atoms with van der Waals surface area (Å²) in [6.45, 7) is -0.808. The van der Waals surface area contributed by atoms with Crippen molar-refractivity contribution in [3.05, 3.63) is 52.0 Å². The van der Waals surface area contributed by atoms with E-state index in [-0.39, 0.29) is 17.4 Å². The second-order valence-electron chi connectivity index (χ2n) is 5.58. The monoisotopic (exact) mass is 424 g/mol. The zero-order chi connectivity index (χ0) is 20.1. The van der Waals surface area contributed by atoms with Crippen LogP contribution in [0.5, 0.6) is 11.5 Å². The molecule has 0 saturated carbocycles. The fourth-order valence-electron chi connectivity index (χ4n) is 2.29. The lowest BCUT2D eigenvalue weighted by atomic mass is 10.2. The molecular formula is C18H14Cl2N2O6. The Bertz CT molecular complexity index is 934. The summed E-state index contributed by atoms with van der Waals surface area (Å²) < 4.78 is 15.2. The number of hydrogen-bond acceptors (Lipinski definition) is 6. The third kappa shape index (κ3) is 5.05. The van der Waals surface area contributed by atoms with Crippen LogP contribution in [-0.4, -0.2) is 37.7 Å². The van der Waals surface area contributed by atoms with Crippen LogP contribution in [0.25, 0.3) is 0 Å². The van der Waals surface area contributed by atoms with Gasteiger partial charge < -0.3 is 24.8 Å². The summed E-state index contributed by atoms with van der Waals surface area (Å²) in [7, 11) is 0. The molecule has 28 heavy (non-hydrogen) atoms. The molecule has 1 aliphatic heterocycles. The standard InChI is InChI=1S/C18H14Cl2N2O6/c19-10-1-3-12(13(20)5-10)18(25)21-7-17(24)26-8-16(23)22-11-2-4-14-15(6-11)28-9-27-14/h1-6H,7-9H2,(H,21,25)(H,22,23). The molecule has 0 unspecified atom stereocenters. The number of esters is 1. The first-order valence-electron chi connectivity index (χ1n) is 8.01. The number of anilines is 1. The maximum atomic E-state index is 12.0.